The number of hydrogen-bond donors (Lipinski definition) is 1. The zero-order valence-corrected chi connectivity index (χ0v) is 15.7. The molecular weight excluding hydrogens is 362 g/mol. The Bertz CT molecular complexity index is 1060. The van der Waals surface area contributed by atoms with Crippen molar-refractivity contribution in [2.45, 2.75) is 25.9 Å². The Kier molecular flexibility index (Phi) is 4.38. The quantitative estimate of drug-likeness (QED) is 0.718. The summed E-state index contributed by atoms with van der Waals surface area (Å²) in [6.07, 6.45) is 4.77. The predicted molar refractivity (Wildman–Crippen MR) is 100 cm³/mol. The lowest BCUT2D eigenvalue weighted by molar-refractivity contribution is -0.120. The minimum absolute atomic E-state index is 0.0141. The predicted octanol–water partition coefficient (Wildman–Crippen LogP) is 0.956. The molecule has 0 radical (unpaired) electrons. The molecule has 1 aliphatic heterocycles. The molecule has 2 amide bonds. The van der Waals surface area contributed by atoms with Crippen LogP contribution in [0.3, 0.4) is 0 Å². The second kappa shape index (κ2) is 6.87. The first-order valence-corrected chi connectivity index (χ1v) is 8.82. The van der Waals surface area contributed by atoms with Crippen LogP contribution in [0.4, 0.5) is 5.82 Å². The van der Waals surface area contributed by atoms with Gasteiger partial charge in [0.25, 0.3) is 11.8 Å². The highest BCUT2D eigenvalue weighted by Crippen LogP contribution is 2.27. The van der Waals surface area contributed by atoms with Crippen LogP contribution in [0.5, 0.6) is 5.75 Å². The second-order valence-corrected chi connectivity index (χ2v) is 6.71. The molecule has 0 spiro atoms. The Labute approximate surface area is 160 Å². The smallest absolute Gasteiger partial charge is 0.289 e. The molecule has 0 saturated carbocycles. The molecule has 0 bridgehead atoms. The van der Waals surface area contributed by atoms with E-state index in [4.69, 9.17) is 4.74 Å². The Hall–Kier alpha value is -3.56. The van der Waals surface area contributed by atoms with Gasteiger partial charge in [-0.05, 0) is 26.0 Å². The largest absolute Gasteiger partial charge is 0.487 e. The Morgan fingerprint density at radius 3 is 2.93 bits per heavy atom. The van der Waals surface area contributed by atoms with Gasteiger partial charge in [0.2, 0.25) is 5.82 Å². The number of ether oxygens (including phenoxy) is 1. The van der Waals surface area contributed by atoms with E-state index < -0.39 is 11.9 Å². The fraction of sp³-hybridized carbons (Fsp3) is 0.333. The number of amides is 2. The van der Waals surface area contributed by atoms with E-state index in [9.17, 15) is 9.59 Å². The number of nitrogens with zero attached hydrogens (tertiary/aromatic N) is 6. The van der Waals surface area contributed by atoms with Gasteiger partial charge in [-0.1, -0.05) is 0 Å². The van der Waals surface area contributed by atoms with Crippen LogP contribution in [-0.4, -0.2) is 56.2 Å². The van der Waals surface area contributed by atoms with Crippen molar-refractivity contribution < 1.29 is 14.3 Å². The molecule has 10 nitrogen and oxygen atoms in total. The fourth-order valence-electron chi connectivity index (χ4n) is 2.98. The zero-order valence-electron chi connectivity index (χ0n) is 15.7. The summed E-state index contributed by atoms with van der Waals surface area (Å²) in [4.78, 5) is 39.4. The van der Waals surface area contributed by atoms with Crippen LogP contribution in [0.2, 0.25) is 0 Å². The van der Waals surface area contributed by atoms with Crippen molar-refractivity contribution in [3.05, 3.63) is 36.5 Å². The summed E-state index contributed by atoms with van der Waals surface area (Å²) in [7, 11) is 1.59. The molecule has 1 aliphatic rings. The number of anilines is 1. The number of pyridine rings is 1. The third-order valence-corrected chi connectivity index (χ3v) is 4.43. The normalized spacial score (nSPS) is 16.6. The van der Waals surface area contributed by atoms with Gasteiger partial charge in [0, 0.05) is 25.5 Å². The van der Waals surface area contributed by atoms with Gasteiger partial charge in [0.1, 0.15) is 12.6 Å². The Morgan fingerprint density at radius 2 is 2.14 bits per heavy atom. The van der Waals surface area contributed by atoms with E-state index in [0.717, 1.165) is 5.39 Å². The molecule has 0 unspecified atom stereocenters. The number of carbonyl (C=O) groups excluding carboxylic acids is 2. The molecular formula is C18H19N7O3. The summed E-state index contributed by atoms with van der Waals surface area (Å²) < 4.78 is 7.36. The van der Waals surface area contributed by atoms with E-state index in [1.807, 2.05) is 13.8 Å². The van der Waals surface area contributed by atoms with Crippen molar-refractivity contribution in [3.8, 4) is 5.75 Å². The molecule has 0 saturated heterocycles. The van der Waals surface area contributed by atoms with Gasteiger partial charge in [-0.2, -0.15) is 5.10 Å². The van der Waals surface area contributed by atoms with Crippen LogP contribution in [0.25, 0.3) is 11.0 Å². The molecule has 144 valence electrons. The molecule has 0 fully saturated rings. The Morgan fingerprint density at radius 1 is 1.32 bits per heavy atom. The van der Waals surface area contributed by atoms with Gasteiger partial charge in [0.05, 0.1) is 11.6 Å². The van der Waals surface area contributed by atoms with Crippen molar-refractivity contribution in [2.75, 3.05) is 18.6 Å². The number of aromatic nitrogens is 5. The first-order chi connectivity index (χ1) is 13.5. The van der Waals surface area contributed by atoms with Crippen LogP contribution in [0.1, 0.15) is 30.5 Å². The van der Waals surface area contributed by atoms with E-state index in [-0.39, 0.29) is 24.4 Å². The fourth-order valence-corrected chi connectivity index (χ4v) is 2.98. The van der Waals surface area contributed by atoms with Crippen molar-refractivity contribution >= 4 is 28.7 Å². The van der Waals surface area contributed by atoms with Crippen molar-refractivity contribution in [2.24, 2.45) is 0 Å². The lowest BCUT2D eigenvalue weighted by Gasteiger charge is -2.19. The number of nitrogens with one attached hydrogen (secondary N) is 1. The summed E-state index contributed by atoms with van der Waals surface area (Å²) in [6, 6.07) is 2.64. The molecule has 1 atom stereocenters. The Balaban J connectivity index is 1.57. The summed E-state index contributed by atoms with van der Waals surface area (Å²) >= 11 is 0. The van der Waals surface area contributed by atoms with E-state index in [0.29, 0.717) is 17.2 Å². The van der Waals surface area contributed by atoms with E-state index in [1.165, 1.54) is 4.90 Å². The summed E-state index contributed by atoms with van der Waals surface area (Å²) in [5, 5.41) is 7.66. The minimum atomic E-state index is -0.888. The lowest BCUT2D eigenvalue weighted by Crippen LogP contribution is -2.49. The number of likely N-dealkylation sites (N-methyl/N-ethyl adjacent to an activating group) is 1. The molecule has 10 heteroatoms. The van der Waals surface area contributed by atoms with Gasteiger partial charge in [-0.15, -0.1) is 0 Å². The van der Waals surface area contributed by atoms with Crippen molar-refractivity contribution in [3.63, 3.8) is 0 Å². The highest BCUT2D eigenvalue weighted by Gasteiger charge is 2.32. The third-order valence-electron chi connectivity index (χ3n) is 4.43. The molecule has 0 aromatic carbocycles. The van der Waals surface area contributed by atoms with Gasteiger partial charge in [-0.3, -0.25) is 14.5 Å². The SMILES string of the molecule is CC(C)n1ncc2cnc(C(=O)N[C@H]3COc4cccnc4N(C)C3=O)nc21. The van der Waals surface area contributed by atoms with Crippen LogP contribution in [-0.2, 0) is 4.79 Å². The summed E-state index contributed by atoms with van der Waals surface area (Å²) in [5.74, 6) is -0.0478. The highest BCUT2D eigenvalue weighted by molar-refractivity contribution is 6.02. The van der Waals surface area contributed by atoms with Gasteiger partial charge in [-0.25, -0.2) is 19.6 Å². The topological polar surface area (TPSA) is 115 Å². The number of carbonyl (C=O) groups is 2. The maximum atomic E-state index is 12.7. The molecule has 4 rings (SSSR count). The molecule has 3 aromatic rings. The van der Waals surface area contributed by atoms with E-state index >= 15 is 0 Å². The van der Waals surface area contributed by atoms with Crippen LogP contribution < -0.4 is 15.0 Å². The third kappa shape index (κ3) is 3.02. The number of hydrogen-bond acceptors (Lipinski definition) is 7. The second-order valence-electron chi connectivity index (χ2n) is 6.71. The molecule has 3 aromatic heterocycles. The average molecular weight is 381 g/mol. The van der Waals surface area contributed by atoms with Crippen molar-refractivity contribution in [1.82, 2.24) is 30.0 Å². The van der Waals surface area contributed by atoms with E-state index in [1.54, 1.807) is 42.5 Å². The molecule has 0 aliphatic carbocycles. The highest BCUT2D eigenvalue weighted by atomic mass is 16.5. The maximum Gasteiger partial charge on any atom is 0.289 e. The standard InChI is InChI=1S/C18H19N7O3/c1-10(2)25-15-11(8-21-25)7-20-14(23-15)17(26)22-12-9-28-13-5-4-6-19-16(13)24(3)18(12)27/h4-8,10,12H,9H2,1-3H3,(H,22,26)/t12-/m0/s1. The monoisotopic (exact) mass is 381 g/mol. The van der Waals surface area contributed by atoms with Gasteiger partial charge < -0.3 is 10.1 Å². The first kappa shape index (κ1) is 17.8. The van der Waals surface area contributed by atoms with Crippen LogP contribution in [0, 0.1) is 0 Å². The van der Waals surface area contributed by atoms with Crippen LogP contribution in [0.15, 0.2) is 30.7 Å². The van der Waals surface area contributed by atoms with Gasteiger partial charge >= 0.3 is 0 Å². The van der Waals surface area contributed by atoms with Crippen molar-refractivity contribution in [1.29, 1.82) is 0 Å². The summed E-state index contributed by atoms with van der Waals surface area (Å²) in [5.41, 5.74) is 0.562. The van der Waals surface area contributed by atoms with E-state index in [2.05, 4.69) is 25.4 Å². The average Bonchev–Trinajstić information content (AvgIpc) is 3.09. The zero-order chi connectivity index (χ0) is 19.8. The maximum absolute atomic E-state index is 12.7. The number of rotatable bonds is 3. The summed E-state index contributed by atoms with van der Waals surface area (Å²) in [6.45, 7) is 3.93. The molecule has 1 N–H and O–H groups in total. The van der Waals surface area contributed by atoms with Crippen LogP contribution >= 0.6 is 0 Å². The lowest BCUT2D eigenvalue weighted by atomic mass is 10.2. The minimum Gasteiger partial charge on any atom is -0.487 e. The first-order valence-electron chi connectivity index (χ1n) is 8.82. The number of fused-ring (bicyclic) bond motifs is 2. The van der Waals surface area contributed by atoms with Gasteiger partial charge in [0.15, 0.2) is 17.2 Å². The molecule has 28 heavy (non-hydrogen) atoms. The molecule has 4 heterocycles.